The van der Waals surface area contributed by atoms with Crippen LogP contribution in [-0.4, -0.2) is 24.8 Å². The third-order valence-corrected chi connectivity index (χ3v) is 2.68. The molecular formula is C11H21NO. The molecule has 13 heavy (non-hydrogen) atoms. The number of hydrogen-bond acceptors (Lipinski definition) is 2. The fourth-order valence-electron chi connectivity index (χ4n) is 1.77. The normalized spacial score (nSPS) is 30.3. The van der Waals surface area contributed by atoms with Crippen molar-refractivity contribution in [2.45, 2.75) is 51.3 Å². The molecule has 1 N–H and O–H groups in total. The number of ether oxygens (including phenoxy) is 1. The quantitative estimate of drug-likeness (QED) is 0.659. The molecule has 3 unspecified atom stereocenters. The molecule has 1 fully saturated rings. The monoisotopic (exact) mass is 183 g/mol. The zero-order valence-corrected chi connectivity index (χ0v) is 8.75. The molecule has 0 aliphatic carbocycles. The number of hydrogen-bond donors (Lipinski definition) is 1. The standard InChI is InChI=1S/C11H21NO/c1-4-5-6-9(2)12-11-7-8-13-10(11)3/h4,9-12H,1,5-8H2,2-3H3. The zero-order chi connectivity index (χ0) is 9.68. The van der Waals surface area contributed by atoms with Gasteiger partial charge in [-0.25, -0.2) is 0 Å². The van der Waals surface area contributed by atoms with Crippen LogP contribution in [0.2, 0.25) is 0 Å². The van der Waals surface area contributed by atoms with Gasteiger partial charge >= 0.3 is 0 Å². The summed E-state index contributed by atoms with van der Waals surface area (Å²) in [6.45, 7) is 9.01. The van der Waals surface area contributed by atoms with Crippen LogP contribution in [0.5, 0.6) is 0 Å². The Morgan fingerprint density at radius 1 is 1.69 bits per heavy atom. The third-order valence-electron chi connectivity index (χ3n) is 2.68. The summed E-state index contributed by atoms with van der Waals surface area (Å²) < 4.78 is 5.49. The van der Waals surface area contributed by atoms with Crippen molar-refractivity contribution >= 4 is 0 Å². The van der Waals surface area contributed by atoms with Gasteiger partial charge in [-0.2, -0.15) is 0 Å². The van der Waals surface area contributed by atoms with Crippen LogP contribution >= 0.6 is 0 Å². The van der Waals surface area contributed by atoms with E-state index in [9.17, 15) is 0 Å². The maximum Gasteiger partial charge on any atom is 0.0700 e. The van der Waals surface area contributed by atoms with Gasteiger partial charge in [-0.3, -0.25) is 0 Å². The minimum atomic E-state index is 0.381. The van der Waals surface area contributed by atoms with Gasteiger partial charge in [0.2, 0.25) is 0 Å². The van der Waals surface area contributed by atoms with E-state index in [1.165, 1.54) is 6.42 Å². The molecule has 1 aliphatic heterocycles. The van der Waals surface area contributed by atoms with Crippen molar-refractivity contribution in [2.24, 2.45) is 0 Å². The first-order valence-corrected chi connectivity index (χ1v) is 5.22. The minimum absolute atomic E-state index is 0.381. The lowest BCUT2D eigenvalue weighted by molar-refractivity contribution is 0.111. The lowest BCUT2D eigenvalue weighted by Crippen LogP contribution is -2.40. The summed E-state index contributed by atoms with van der Waals surface area (Å²) in [5, 5.41) is 3.59. The highest BCUT2D eigenvalue weighted by Crippen LogP contribution is 2.14. The summed E-state index contributed by atoms with van der Waals surface area (Å²) in [6, 6.07) is 1.13. The molecule has 1 rings (SSSR count). The summed E-state index contributed by atoms with van der Waals surface area (Å²) in [6.07, 6.45) is 5.78. The summed E-state index contributed by atoms with van der Waals surface area (Å²) in [7, 11) is 0. The van der Waals surface area contributed by atoms with Crippen molar-refractivity contribution in [3.05, 3.63) is 12.7 Å². The molecule has 0 aromatic carbocycles. The van der Waals surface area contributed by atoms with Crippen molar-refractivity contribution in [1.29, 1.82) is 0 Å². The fourth-order valence-corrected chi connectivity index (χ4v) is 1.77. The van der Waals surface area contributed by atoms with Crippen molar-refractivity contribution < 1.29 is 4.74 Å². The summed E-state index contributed by atoms with van der Waals surface area (Å²) >= 11 is 0. The second kappa shape index (κ2) is 5.40. The maximum atomic E-state index is 5.49. The van der Waals surface area contributed by atoms with Crippen molar-refractivity contribution in [3.8, 4) is 0 Å². The molecule has 76 valence electrons. The minimum Gasteiger partial charge on any atom is -0.377 e. The van der Waals surface area contributed by atoms with Crippen LogP contribution < -0.4 is 5.32 Å². The van der Waals surface area contributed by atoms with Crippen molar-refractivity contribution in [1.82, 2.24) is 5.32 Å². The van der Waals surface area contributed by atoms with Gasteiger partial charge in [-0.05, 0) is 33.1 Å². The van der Waals surface area contributed by atoms with E-state index in [2.05, 4.69) is 25.7 Å². The fraction of sp³-hybridized carbons (Fsp3) is 0.818. The van der Waals surface area contributed by atoms with Crippen LogP contribution in [0.25, 0.3) is 0 Å². The molecule has 0 bridgehead atoms. The predicted octanol–water partition coefficient (Wildman–Crippen LogP) is 2.11. The molecule has 3 atom stereocenters. The molecule has 1 saturated heterocycles. The van der Waals surface area contributed by atoms with E-state index in [4.69, 9.17) is 4.74 Å². The third kappa shape index (κ3) is 3.49. The van der Waals surface area contributed by atoms with E-state index in [0.717, 1.165) is 19.4 Å². The number of rotatable bonds is 5. The Labute approximate surface area is 81.4 Å². The molecule has 2 heteroatoms. The van der Waals surface area contributed by atoms with Gasteiger partial charge < -0.3 is 10.1 Å². The molecule has 1 heterocycles. The molecule has 1 aliphatic rings. The molecule has 0 radical (unpaired) electrons. The van der Waals surface area contributed by atoms with E-state index in [1.807, 2.05) is 6.08 Å². The van der Waals surface area contributed by atoms with Crippen molar-refractivity contribution in [2.75, 3.05) is 6.61 Å². The summed E-state index contributed by atoms with van der Waals surface area (Å²) in [5.74, 6) is 0. The molecule has 0 aromatic rings. The molecule has 0 amide bonds. The highest BCUT2D eigenvalue weighted by molar-refractivity contribution is 4.82. The highest BCUT2D eigenvalue weighted by atomic mass is 16.5. The second-order valence-corrected chi connectivity index (χ2v) is 3.90. The first kappa shape index (κ1) is 10.7. The molecule has 0 spiro atoms. The van der Waals surface area contributed by atoms with Crippen LogP contribution in [0.3, 0.4) is 0 Å². The largest absolute Gasteiger partial charge is 0.377 e. The Morgan fingerprint density at radius 2 is 2.46 bits per heavy atom. The Kier molecular flexibility index (Phi) is 4.46. The Hall–Kier alpha value is -0.340. The van der Waals surface area contributed by atoms with Crippen LogP contribution in [-0.2, 0) is 4.74 Å². The first-order valence-electron chi connectivity index (χ1n) is 5.22. The van der Waals surface area contributed by atoms with Gasteiger partial charge in [0, 0.05) is 18.7 Å². The Bertz CT molecular complexity index is 158. The summed E-state index contributed by atoms with van der Waals surface area (Å²) in [4.78, 5) is 0. The molecule has 0 saturated carbocycles. The SMILES string of the molecule is C=CCCC(C)NC1CCOC1C. The van der Waals surface area contributed by atoms with E-state index in [-0.39, 0.29) is 0 Å². The van der Waals surface area contributed by atoms with Crippen molar-refractivity contribution in [3.63, 3.8) is 0 Å². The first-order chi connectivity index (χ1) is 6.24. The maximum absolute atomic E-state index is 5.49. The number of nitrogens with one attached hydrogen (secondary N) is 1. The Balaban J connectivity index is 2.18. The van der Waals surface area contributed by atoms with E-state index < -0.39 is 0 Å². The predicted molar refractivity (Wildman–Crippen MR) is 55.8 cm³/mol. The van der Waals surface area contributed by atoms with Crippen LogP contribution in [0, 0.1) is 0 Å². The topological polar surface area (TPSA) is 21.3 Å². The number of allylic oxidation sites excluding steroid dienone is 1. The van der Waals surface area contributed by atoms with Gasteiger partial charge in [-0.1, -0.05) is 6.08 Å². The molecule has 0 aromatic heterocycles. The van der Waals surface area contributed by atoms with E-state index in [1.54, 1.807) is 0 Å². The van der Waals surface area contributed by atoms with Gasteiger partial charge in [0.15, 0.2) is 0 Å². The highest BCUT2D eigenvalue weighted by Gasteiger charge is 2.24. The smallest absolute Gasteiger partial charge is 0.0700 e. The lowest BCUT2D eigenvalue weighted by Gasteiger charge is -2.21. The van der Waals surface area contributed by atoms with E-state index in [0.29, 0.717) is 18.2 Å². The van der Waals surface area contributed by atoms with Gasteiger partial charge in [0.25, 0.3) is 0 Å². The Morgan fingerprint density at radius 3 is 3.00 bits per heavy atom. The average Bonchev–Trinajstić information content (AvgIpc) is 2.48. The van der Waals surface area contributed by atoms with Gasteiger partial charge in [-0.15, -0.1) is 6.58 Å². The zero-order valence-electron chi connectivity index (χ0n) is 8.75. The van der Waals surface area contributed by atoms with E-state index >= 15 is 0 Å². The van der Waals surface area contributed by atoms with Gasteiger partial charge in [0.05, 0.1) is 6.10 Å². The van der Waals surface area contributed by atoms with Crippen LogP contribution in [0.4, 0.5) is 0 Å². The average molecular weight is 183 g/mol. The van der Waals surface area contributed by atoms with Crippen LogP contribution in [0.1, 0.15) is 33.1 Å². The van der Waals surface area contributed by atoms with Crippen LogP contribution in [0.15, 0.2) is 12.7 Å². The molecule has 2 nitrogen and oxygen atoms in total. The molecular weight excluding hydrogens is 162 g/mol. The summed E-state index contributed by atoms with van der Waals surface area (Å²) in [5.41, 5.74) is 0. The lowest BCUT2D eigenvalue weighted by atomic mass is 10.1. The van der Waals surface area contributed by atoms with Gasteiger partial charge in [0.1, 0.15) is 0 Å². The second-order valence-electron chi connectivity index (χ2n) is 3.90.